The van der Waals surface area contributed by atoms with Crippen LogP contribution in [0.15, 0.2) is 36.4 Å². The lowest BCUT2D eigenvalue weighted by Gasteiger charge is -2.28. The highest BCUT2D eigenvalue weighted by Gasteiger charge is 2.42. The van der Waals surface area contributed by atoms with E-state index in [0.29, 0.717) is 6.54 Å². The van der Waals surface area contributed by atoms with Gasteiger partial charge in [0.05, 0.1) is 5.41 Å². The Morgan fingerprint density at radius 3 is 2.55 bits per heavy atom. The SMILES string of the molecule is C/C=C/CCNC(=O)C1(c2ccc(Cl)cc2)CCCC1. The van der Waals surface area contributed by atoms with Crippen LogP contribution in [0.5, 0.6) is 0 Å². The Balaban J connectivity index is 2.12. The monoisotopic (exact) mass is 291 g/mol. The molecule has 1 aromatic rings. The molecule has 3 heteroatoms. The van der Waals surface area contributed by atoms with Crippen LogP contribution in [0.25, 0.3) is 0 Å². The van der Waals surface area contributed by atoms with Crippen molar-refractivity contribution in [1.29, 1.82) is 0 Å². The predicted octanol–water partition coefficient (Wildman–Crippen LogP) is 4.23. The molecule has 20 heavy (non-hydrogen) atoms. The zero-order chi connectivity index (χ0) is 14.4. The summed E-state index contributed by atoms with van der Waals surface area (Å²) in [7, 11) is 0. The quantitative estimate of drug-likeness (QED) is 0.638. The molecule has 2 rings (SSSR count). The van der Waals surface area contributed by atoms with Crippen LogP contribution in [-0.4, -0.2) is 12.5 Å². The summed E-state index contributed by atoms with van der Waals surface area (Å²) in [5.41, 5.74) is 0.753. The Bertz CT molecular complexity index is 472. The van der Waals surface area contributed by atoms with Crippen molar-refractivity contribution < 1.29 is 4.79 Å². The molecule has 1 N–H and O–H groups in total. The van der Waals surface area contributed by atoms with Crippen LogP contribution in [-0.2, 0) is 10.2 Å². The summed E-state index contributed by atoms with van der Waals surface area (Å²) in [5.74, 6) is 0.168. The number of halogens is 1. The van der Waals surface area contributed by atoms with Gasteiger partial charge in [0.25, 0.3) is 0 Å². The van der Waals surface area contributed by atoms with Crippen molar-refractivity contribution in [1.82, 2.24) is 5.32 Å². The van der Waals surface area contributed by atoms with E-state index in [2.05, 4.69) is 11.4 Å². The average Bonchev–Trinajstić information content (AvgIpc) is 2.95. The van der Waals surface area contributed by atoms with Crippen molar-refractivity contribution in [2.75, 3.05) is 6.54 Å². The third kappa shape index (κ3) is 3.24. The zero-order valence-electron chi connectivity index (χ0n) is 12.0. The molecule has 0 spiro atoms. The highest BCUT2D eigenvalue weighted by Crippen LogP contribution is 2.41. The van der Waals surface area contributed by atoms with E-state index >= 15 is 0 Å². The molecule has 1 fully saturated rings. The minimum absolute atomic E-state index is 0.168. The lowest BCUT2D eigenvalue weighted by Crippen LogP contribution is -2.42. The first kappa shape index (κ1) is 15.1. The fourth-order valence-electron chi connectivity index (χ4n) is 3.00. The lowest BCUT2D eigenvalue weighted by molar-refractivity contribution is -0.126. The molecule has 1 amide bonds. The molecule has 1 aliphatic carbocycles. The number of nitrogens with one attached hydrogen (secondary N) is 1. The first-order valence-corrected chi connectivity index (χ1v) is 7.72. The topological polar surface area (TPSA) is 29.1 Å². The smallest absolute Gasteiger partial charge is 0.230 e. The number of amides is 1. The molecule has 108 valence electrons. The van der Waals surface area contributed by atoms with Crippen LogP contribution >= 0.6 is 11.6 Å². The van der Waals surface area contributed by atoms with E-state index in [-0.39, 0.29) is 11.3 Å². The first-order valence-electron chi connectivity index (χ1n) is 7.34. The van der Waals surface area contributed by atoms with Crippen molar-refractivity contribution in [2.45, 2.75) is 44.4 Å². The number of hydrogen-bond donors (Lipinski definition) is 1. The van der Waals surface area contributed by atoms with Gasteiger partial charge in [0.15, 0.2) is 0 Å². The van der Waals surface area contributed by atoms with Gasteiger partial charge >= 0.3 is 0 Å². The minimum Gasteiger partial charge on any atom is -0.355 e. The van der Waals surface area contributed by atoms with Gasteiger partial charge in [0, 0.05) is 11.6 Å². The average molecular weight is 292 g/mol. The summed E-state index contributed by atoms with van der Waals surface area (Å²) in [6.45, 7) is 2.70. The van der Waals surface area contributed by atoms with Gasteiger partial charge in [-0.05, 0) is 43.9 Å². The Kier molecular flexibility index (Phi) is 5.24. The van der Waals surface area contributed by atoms with Crippen molar-refractivity contribution in [2.24, 2.45) is 0 Å². The molecule has 0 aromatic heterocycles. The summed E-state index contributed by atoms with van der Waals surface area (Å²) >= 11 is 5.95. The van der Waals surface area contributed by atoms with E-state index in [4.69, 9.17) is 11.6 Å². The highest BCUT2D eigenvalue weighted by atomic mass is 35.5. The zero-order valence-corrected chi connectivity index (χ0v) is 12.7. The summed E-state index contributed by atoms with van der Waals surface area (Å²) in [6.07, 6.45) is 9.07. The van der Waals surface area contributed by atoms with E-state index < -0.39 is 0 Å². The van der Waals surface area contributed by atoms with Crippen LogP contribution in [0.1, 0.15) is 44.6 Å². The summed E-state index contributed by atoms with van der Waals surface area (Å²) in [4.78, 5) is 12.6. The second kappa shape index (κ2) is 6.94. The van der Waals surface area contributed by atoms with Gasteiger partial charge in [-0.3, -0.25) is 4.79 Å². The molecule has 0 atom stereocenters. The number of rotatable bonds is 5. The van der Waals surface area contributed by atoms with Gasteiger partial charge in [0.2, 0.25) is 5.91 Å². The maximum atomic E-state index is 12.6. The maximum absolute atomic E-state index is 12.6. The second-order valence-electron chi connectivity index (χ2n) is 5.41. The molecule has 1 aromatic carbocycles. The third-order valence-electron chi connectivity index (χ3n) is 4.12. The number of benzene rings is 1. The van der Waals surface area contributed by atoms with Gasteiger partial charge in [-0.2, -0.15) is 0 Å². The number of hydrogen-bond acceptors (Lipinski definition) is 1. The van der Waals surface area contributed by atoms with Crippen LogP contribution in [0.3, 0.4) is 0 Å². The molecule has 0 heterocycles. The normalized spacial score (nSPS) is 17.5. The largest absolute Gasteiger partial charge is 0.355 e. The Morgan fingerprint density at radius 1 is 1.30 bits per heavy atom. The molecule has 1 aliphatic rings. The third-order valence-corrected chi connectivity index (χ3v) is 4.37. The van der Waals surface area contributed by atoms with Gasteiger partial charge in [-0.15, -0.1) is 0 Å². The van der Waals surface area contributed by atoms with Crippen molar-refractivity contribution >= 4 is 17.5 Å². The Morgan fingerprint density at radius 2 is 1.95 bits per heavy atom. The second-order valence-corrected chi connectivity index (χ2v) is 5.85. The fourth-order valence-corrected chi connectivity index (χ4v) is 3.13. The van der Waals surface area contributed by atoms with Crippen molar-refractivity contribution in [3.05, 3.63) is 47.0 Å². The predicted molar refractivity (Wildman–Crippen MR) is 84.0 cm³/mol. The number of allylic oxidation sites excluding steroid dienone is 1. The summed E-state index contributed by atoms with van der Waals surface area (Å²) < 4.78 is 0. The molecule has 0 saturated heterocycles. The minimum atomic E-state index is -0.347. The molecular formula is C17H22ClNO. The molecule has 0 aliphatic heterocycles. The van der Waals surface area contributed by atoms with Crippen molar-refractivity contribution in [3.63, 3.8) is 0 Å². The van der Waals surface area contributed by atoms with E-state index in [9.17, 15) is 4.79 Å². The maximum Gasteiger partial charge on any atom is 0.230 e. The summed E-state index contributed by atoms with van der Waals surface area (Å²) in [5, 5.41) is 3.81. The fraction of sp³-hybridized carbons (Fsp3) is 0.471. The molecular weight excluding hydrogens is 270 g/mol. The molecule has 0 bridgehead atoms. The summed E-state index contributed by atoms with van der Waals surface area (Å²) in [6, 6.07) is 7.76. The van der Waals surface area contributed by atoms with E-state index in [1.54, 1.807) is 0 Å². The Labute approximate surface area is 126 Å². The lowest BCUT2D eigenvalue weighted by atomic mass is 9.78. The van der Waals surface area contributed by atoms with Crippen LogP contribution in [0.4, 0.5) is 0 Å². The van der Waals surface area contributed by atoms with E-state index in [0.717, 1.165) is 42.7 Å². The number of carbonyl (C=O) groups is 1. The molecule has 1 saturated carbocycles. The van der Waals surface area contributed by atoms with Crippen LogP contribution < -0.4 is 5.32 Å². The standard InChI is InChI=1S/C17H22ClNO/c1-2-3-6-13-19-16(20)17(11-4-5-12-17)14-7-9-15(18)10-8-14/h2-3,7-10H,4-6,11-13H2,1H3,(H,19,20)/b3-2+. The molecule has 2 nitrogen and oxygen atoms in total. The van der Waals surface area contributed by atoms with Gasteiger partial charge in [-0.1, -0.05) is 48.7 Å². The van der Waals surface area contributed by atoms with Gasteiger partial charge < -0.3 is 5.32 Å². The highest BCUT2D eigenvalue weighted by molar-refractivity contribution is 6.30. The molecule has 0 radical (unpaired) electrons. The van der Waals surface area contributed by atoms with Gasteiger partial charge in [-0.25, -0.2) is 0 Å². The van der Waals surface area contributed by atoms with Crippen molar-refractivity contribution in [3.8, 4) is 0 Å². The Hall–Kier alpha value is -1.28. The van der Waals surface area contributed by atoms with E-state index in [1.807, 2.05) is 37.3 Å². The van der Waals surface area contributed by atoms with E-state index in [1.165, 1.54) is 0 Å². The first-order chi connectivity index (χ1) is 9.69. The van der Waals surface area contributed by atoms with Gasteiger partial charge in [0.1, 0.15) is 0 Å². The van der Waals surface area contributed by atoms with Crippen LogP contribution in [0, 0.1) is 0 Å². The van der Waals surface area contributed by atoms with Crippen LogP contribution in [0.2, 0.25) is 5.02 Å². The number of carbonyl (C=O) groups excluding carboxylic acids is 1. The molecule has 0 unspecified atom stereocenters.